The van der Waals surface area contributed by atoms with E-state index in [1.807, 2.05) is 6.92 Å². The summed E-state index contributed by atoms with van der Waals surface area (Å²) < 4.78 is 5.42. The van der Waals surface area contributed by atoms with Crippen molar-refractivity contribution in [1.82, 2.24) is 0 Å². The summed E-state index contributed by atoms with van der Waals surface area (Å²) in [6.45, 7) is 3.61. The summed E-state index contributed by atoms with van der Waals surface area (Å²) in [5, 5.41) is 0. The van der Waals surface area contributed by atoms with Crippen LogP contribution in [0.2, 0.25) is 0 Å². The number of hydrogen-bond acceptors (Lipinski definition) is 2. The normalized spacial score (nSPS) is 20.9. The van der Waals surface area contributed by atoms with E-state index in [1.54, 1.807) is 0 Å². The molecule has 1 aromatic rings. The number of rotatable bonds is 2. The van der Waals surface area contributed by atoms with Gasteiger partial charge in [0.25, 0.3) is 0 Å². The molecular weight excluding hydrogens is 186 g/mol. The molecule has 1 heterocycles. The van der Waals surface area contributed by atoms with Gasteiger partial charge in [0.15, 0.2) is 5.90 Å². The van der Waals surface area contributed by atoms with Gasteiger partial charge in [-0.25, -0.2) is 0 Å². The lowest BCUT2D eigenvalue weighted by molar-refractivity contribution is 0.307. The van der Waals surface area contributed by atoms with Crippen LogP contribution in [0, 0.1) is 0 Å². The minimum atomic E-state index is 0.579. The Hall–Kier alpha value is -1.31. The van der Waals surface area contributed by atoms with Crippen molar-refractivity contribution in [1.29, 1.82) is 0 Å². The van der Waals surface area contributed by atoms with E-state index in [0.717, 1.165) is 31.9 Å². The first-order valence-electron chi connectivity index (χ1n) is 5.61. The minimum Gasteiger partial charge on any atom is -0.481 e. The Morgan fingerprint density at radius 1 is 1.33 bits per heavy atom. The highest BCUT2D eigenvalue weighted by molar-refractivity contribution is 5.76. The van der Waals surface area contributed by atoms with Crippen LogP contribution in [0.15, 0.2) is 35.3 Å². The zero-order valence-electron chi connectivity index (χ0n) is 9.15. The summed E-state index contributed by atoms with van der Waals surface area (Å²) in [5.74, 6) is 1.51. The Morgan fingerprint density at radius 3 is 2.73 bits per heavy atom. The second kappa shape index (κ2) is 4.96. The molecule has 1 aliphatic heterocycles. The van der Waals surface area contributed by atoms with E-state index >= 15 is 0 Å². The fourth-order valence-electron chi connectivity index (χ4n) is 1.96. The predicted molar refractivity (Wildman–Crippen MR) is 62.3 cm³/mol. The molecule has 0 spiro atoms. The van der Waals surface area contributed by atoms with Gasteiger partial charge in [-0.1, -0.05) is 30.3 Å². The average Bonchev–Trinajstić information content (AvgIpc) is 2.32. The molecule has 80 valence electrons. The molecule has 2 heteroatoms. The summed E-state index contributed by atoms with van der Waals surface area (Å²) in [7, 11) is 0. The van der Waals surface area contributed by atoms with Crippen molar-refractivity contribution >= 4 is 5.90 Å². The molecule has 2 rings (SSSR count). The van der Waals surface area contributed by atoms with Gasteiger partial charge in [-0.05, 0) is 18.9 Å². The molecule has 0 fully saturated rings. The molecule has 0 bridgehead atoms. The molecular formula is C13H17NO. The second-order valence-corrected chi connectivity index (χ2v) is 3.81. The van der Waals surface area contributed by atoms with Crippen molar-refractivity contribution in [2.24, 2.45) is 4.99 Å². The lowest BCUT2D eigenvalue weighted by Gasteiger charge is -2.21. The van der Waals surface area contributed by atoms with E-state index in [-0.39, 0.29) is 0 Å². The molecule has 0 radical (unpaired) electrons. The third kappa shape index (κ3) is 2.58. The van der Waals surface area contributed by atoms with Gasteiger partial charge in [-0.15, -0.1) is 0 Å². The van der Waals surface area contributed by atoms with E-state index < -0.39 is 0 Å². The monoisotopic (exact) mass is 203 g/mol. The van der Waals surface area contributed by atoms with Crippen molar-refractivity contribution in [3.8, 4) is 0 Å². The van der Waals surface area contributed by atoms with Crippen LogP contribution in [-0.2, 0) is 4.74 Å². The third-order valence-corrected chi connectivity index (χ3v) is 2.78. The van der Waals surface area contributed by atoms with Gasteiger partial charge in [0.05, 0.1) is 6.61 Å². The number of nitrogens with zero attached hydrogens (tertiary/aromatic N) is 1. The first-order chi connectivity index (χ1) is 7.40. The highest BCUT2D eigenvalue weighted by Gasteiger charge is 2.17. The van der Waals surface area contributed by atoms with Gasteiger partial charge in [0.2, 0.25) is 0 Å². The van der Waals surface area contributed by atoms with Gasteiger partial charge < -0.3 is 4.74 Å². The van der Waals surface area contributed by atoms with Crippen molar-refractivity contribution in [3.05, 3.63) is 35.9 Å². The van der Waals surface area contributed by atoms with Crippen LogP contribution in [0.25, 0.3) is 0 Å². The molecule has 0 saturated heterocycles. The van der Waals surface area contributed by atoms with Gasteiger partial charge in [0, 0.05) is 18.9 Å². The number of benzene rings is 1. The second-order valence-electron chi connectivity index (χ2n) is 3.81. The SMILES string of the molecule is CCOC1=NC[C@@H](c2ccccc2)CC1. The first-order valence-corrected chi connectivity index (χ1v) is 5.61. The number of aliphatic imine (C=N–C) groups is 1. The molecule has 2 nitrogen and oxygen atoms in total. The Balaban J connectivity index is 1.99. The van der Waals surface area contributed by atoms with Crippen LogP contribution in [0.4, 0.5) is 0 Å². The maximum atomic E-state index is 5.42. The fraction of sp³-hybridized carbons (Fsp3) is 0.462. The first kappa shape index (κ1) is 10.2. The topological polar surface area (TPSA) is 21.6 Å². The Labute approximate surface area is 91.0 Å². The van der Waals surface area contributed by atoms with Crippen molar-refractivity contribution in [2.45, 2.75) is 25.7 Å². The molecule has 0 N–H and O–H groups in total. The average molecular weight is 203 g/mol. The largest absolute Gasteiger partial charge is 0.481 e. The summed E-state index contributed by atoms with van der Waals surface area (Å²) in [4.78, 5) is 4.47. The quantitative estimate of drug-likeness (QED) is 0.724. The van der Waals surface area contributed by atoms with Gasteiger partial charge >= 0.3 is 0 Å². The van der Waals surface area contributed by atoms with Gasteiger partial charge in [-0.2, -0.15) is 0 Å². The molecule has 1 atom stereocenters. The fourth-order valence-corrected chi connectivity index (χ4v) is 1.96. The highest BCUT2D eigenvalue weighted by Crippen LogP contribution is 2.25. The highest BCUT2D eigenvalue weighted by atomic mass is 16.5. The van der Waals surface area contributed by atoms with E-state index in [4.69, 9.17) is 4.74 Å². The van der Waals surface area contributed by atoms with E-state index in [9.17, 15) is 0 Å². The minimum absolute atomic E-state index is 0.579. The molecule has 1 aliphatic rings. The zero-order valence-corrected chi connectivity index (χ0v) is 9.15. The lowest BCUT2D eigenvalue weighted by Crippen LogP contribution is -2.16. The summed E-state index contributed by atoms with van der Waals surface area (Å²) >= 11 is 0. The summed E-state index contributed by atoms with van der Waals surface area (Å²) in [5.41, 5.74) is 1.40. The summed E-state index contributed by atoms with van der Waals surface area (Å²) in [6.07, 6.45) is 2.14. The smallest absolute Gasteiger partial charge is 0.183 e. The molecule has 0 aliphatic carbocycles. The molecule has 0 amide bonds. The lowest BCUT2D eigenvalue weighted by atomic mass is 9.92. The van der Waals surface area contributed by atoms with Crippen LogP contribution in [-0.4, -0.2) is 19.0 Å². The molecule has 1 aromatic carbocycles. The maximum Gasteiger partial charge on any atom is 0.183 e. The van der Waals surface area contributed by atoms with Crippen molar-refractivity contribution in [2.75, 3.05) is 13.2 Å². The van der Waals surface area contributed by atoms with Crippen LogP contribution in [0.1, 0.15) is 31.2 Å². The molecule has 0 unspecified atom stereocenters. The molecule has 15 heavy (non-hydrogen) atoms. The van der Waals surface area contributed by atoms with Gasteiger partial charge in [0.1, 0.15) is 0 Å². The van der Waals surface area contributed by atoms with Crippen molar-refractivity contribution < 1.29 is 4.74 Å². The standard InChI is InChI=1S/C13H17NO/c1-2-15-13-9-8-12(10-14-13)11-6-4-3-5-7-11/h3-7,12H,2,8-10H2,1H3/t12-/m0/s1. The number of hydrogen-bond donors (Lipinski definition) is 0. The Bertz CT molecular complexity index is 332. The Kier molecular flexibility index (Phi) is 3.38. The van der Waals surface area contributed by atoms with Crippen LogP contribution < -0.4 is 0 Å². The van der Waals surface area contributed by atoms with Crippen LogP contribution in [0.3, 0.4) is 0 Å². The van der Waals surface area contributed by atoms with E-state index in [1.165, 1.54) is 5.56 Å². The third-order valence-electron chi connectivity index (χ3n) is 2.78. The molecule has 0 saturated carbocycles. The van der Waals surface area contributed by atoms with E-state index in [0.29, 0.717) is 5.92 Å². The maximum absolute atomic E-state index is 5.42. The number of ether oxygens (including phenoxy) is 1. The Morgan fingerprint density at radius 2 is 2.13 bits per heavy atom. The van der Waals surface area contributed by atoms with Crippen LogP contribution in [0.5, 0.6) is 0 Å². The molecule has 0 aromatic heterocycles. The van der Waals surface area contributed by atoms with Gasteiger partial charge in [-0.3, -0.25) is 4.99 Å². The van der Waals surface area contributed by atoms with Crippen LogP contribution >= 0.6 is 0 Å². The predicted octanol–water partition coefficient (Wildman–Crippen LogP) is 3.00. The zero-order chi connectivity index (χ0) is 10.5. The van der Waals surface area contributed by atoms with E-state index in [2.05, 4.69) is 35.3 Å². The summed E-state index contributed by atoms with van der Waals surface area (Å²) in [6, 6.07) is 10.6. The van der Waals surface area contributed by atoms with Crippen molar-refractivity contribution in [3.63, 3.8) is 0 Å².